The Balaban J connectivity index is 1.70. The average Bonchev–Trinajstić information content (AvgIpc) is 2.78. The number of hydrogen-bond acceptors (Lipinski definition) is 6. The van der Waals surface area contributed by atoms with Crippen molar-refractivity contribution in [3.63, 3.8) is 0 Å². The summed E-state index contributed by atoms with van der Waals surface area (Å²) < 4.78 is 9.31. The Morgan fingerprint density at radius 1 is 1.64 bits per heavy atom. The molecule has 1 aromatic heterocycles. The standard InChI is InChI=1S/C8H13N3OS2/c9-8-7(10-11-14-8)5-13-4-6-2-1-3-12-6/h6H,1-5,9H2. The summed E-state index contributed by atoms with van der Waals surface area (Å²) in [4.78, 5) is 0. The molecular weight excluding hydrogens is 218 g/mol. The Morgan fingerprint density at radius 3 is 3.21 bits per heavy atom. The molecule has 0 radical (unpaired) electrons. The largest absolute Gasteiger partial charge is 0.388 e. The average molecular weight is 231 g/mol. The minimum Gasteiger partial charge on any atom is -0.388 e. The number of thioether (sulfide) groups is 1. The summed E-state index contributed by atoms with van der Waals surface area (Å²) in [6.07, 6.45) is 2.83. The van der Waals surface area contributed by atoms with Crippen molar-refractivity contribution in [3.8, 4) is 0 Å². The molecule has 1 aliphatic heterocycles. The molecule has 2 rings (SSSR count). The number of aromatic nitrogens is 2. The van der Waals surface area contributed by atoms with E-state index in [4.69, 9.17) is 10.5 Å². The fourth-order valence-corrected chi connectivity index (χ4v) is 2.97. The zero-order valence-electron chi connectivity index (χ0n) is 7.81. The van der Waals surface area contributed by atoms with Crippen LogP contribution in [0.5, 0.6) is 0 Å². The first-order valence-corrected chi connectivity index (χ1v) is 6.55. The first-order chi connectivity index (χ1) is 6.86. The molecule has 0 bridgehead atoms. The minimum absolute atomic E-state index is 0.438. The molecule has 0 saturated carbocycles. The van der Waals surface area contributed by atoms with Crippen molar-refractivity contribution >= 4 is 28.3 Å². The third kappa shape index (κ3) is 2.59. The van der Waals surface area contributed by atoms with Crippen molar-refractivity contribution in [1.29, 1.82) is 0 Å². The van der Waals surface area contributed by atoms with Crippen molar-refractivity contribution in [2.24, 2.45) is 0 Å². The summed E-state index contributed by atoms with van der Waals surface area (Å²) in [5.74, 6) is 1.89. The zero-order valence-corrected chi connectivity index (χ0v) is 9.44. The van der Waals surface area contributed by atoms with Crippen molar-refractivity contribution in [2.45, 2.75) is 24.7 Å². The molecule has 14 heavy (non-hydrogen) atoms. The van der Waals surface area contributed by atoms with Gasteiger partial charge in [-0.2, -0.15) is 11.8 Å². The molecule has 1 fully saturated rings. The van der Waals surface area contributed by atoms with Crippen LogP contribution in [0.25, 0.3) is 0 Å². The highest BCUT2D eigenvalue weighted by Gasteiger charge is 2.15. The van der Waals surface area contributed by atoms with E-state index in [9.17, 15) is 0 Å². The van der Waals surface area contributed by atoms with Crippen LogP contribution in [0.4, 0.5) is 5.00 Å². The van der Waals surface area contributed by atoms with Gasteiger partial charge in [0.25, 0.3) is 0 Å². The van der Waals surface area contributed by atoms with Crippen LogP contribution in [0.2, 0.25) is 0 Å². The monoisotopic (exact) mass is 231 g/mol. The lowest BCUT2D eigenvalue weighted by Crippen LogP contribution is -2.08. The molecule has 0 amide bonds. The highest BCUT2D eigenvalue weighted by Crippen LogP contribution is 2.22. The predicted octanol–water partition coefficient (Wildman–Crippen LogP) is 1.53. The molecule has 6 heteroatoms. The van der Waals surface area contributed by atoms with Crippen LogP contribution in [0, 0.1) is 0 Å². The molecule has 0 aromatic carbocycles. The lowest BCUT2D eigenvalue weighted by molar-refractivity contribution is 0.129. The fourth-order valence-electron chi connectivity index (χ4n) is 1.38. The molecule has 1 aliphatic rings. The van der Waals surface area contributed by atoms with Gasteiger partial charge in [-0.3, -0.25) is 0 Å². The third-order valence-corrected chi connectivity index (χ3v) is 3.83. The topological polar surface area (TPSA) is 61.0 Å². The molecule has 4 nitrogen and oxygen atoms in total. The van der Waals surface area contributed by atoms with E-state index in [2.05, 4.69) is 9.59 Å². The highest BCUT2D eigenvalue weighted by molar-refractivity contribution is 7.98. The van der Waals surface area contributed by atoms with E-state index in [0.717, 1.165) is 28.8 Å². The van der Waals surface area contributed by atoms with Crippen molar-refractivity contribution in [2.75, 3.05) is 18.1 Å². The molecule has 0 aliphatic carbocycles. The third-order valence-electron chi connectivity index (χ3n) is 2.15. The molecule has 1 unspecified atom stereocenters. The summed E-state index contributed by atoms with van der Waals surface area (Å²) in [5, 5.41) is 4.70. The lowest BCUT2D eigenvalue weighted by atomic mass is 10.3. The molecule has 78 valence electrons. The number of hydrogen-bond donors (Lipinski definition) is 1. The quantitative estimate of drug-likeness (QED) is 0.851. The van der Waals surface area contributed by atoms with Crippen LogP contribution in [-0.4, -0.2) is 28.1 Å². The van der Waals surface area contributed by atoms with Gasteiger partial charge in [0.2, 0.25) is 0 Å². The van der Waals surface area contributed by atoms with Gasteiger partial charge in [-0.1, -0.05) is 4.49 Å². The number of nitrogen functional groups attached to an aromatic ring is 1. The predicted molar refractivity (Wildman–Crippen MR) is 59.5 cm³/mol. The second-order valence-electron chi connectivity index (χ2n) is 3.23. The summed E-state index contributed by atoms with van der Waals surface area (Å²) in [7, 11) is 0. The van der Waals surface area contributed by atoms with Crippen molar-refractivity contribution in [1.82, 2.24) is 9.59 Å². The molecule has 2 N–H and O–H groups in total. The maximum absolute atomic E-state index is 5.68. The summed E-state index contributed by atoms with van der Waals surface area (Å²) in [5.41, 5.74) is 6.60. The maximum Gasteiger partial charge on any atom is 0.131 e. The molecule has 1 saturated heterocycles. The van der Waals surface area contributed by atoms with E-state index in [1.807, 2.05) is 11.8 Å². The molecule has 0 spiro atoms. The summed E-state index contributed by atoms with van der Waals surface area (Å²) in [6.45, 7) is 0.922. The first kappa shape index (κ1) is 10.2. The number of ether oxygens (including phenoxy) is 1. The van der Waals surface area contributed by atoms with E-state index in [1.54, 1.807) is 0 Å². The van der Waals surface area contributed by atoms with Crippen LogP contribution in [0.15, 0.2) is 0 Å². The van der Waals surface area contributed by atoms with Gasteiger partial charge < -0.3 is 10.5 Å². The van der Waals surface area contributed by atoms with Crippen LogP contribution < -0.4 is 5.73 Å². The minimum atomic E-state index is 0.438. The van der Waals surface area contributed by atoms with E-state index in [-0.39, 0.29) is 0 Å². The van der Waals surface area contributed by atoms with E-state index in [1.165, 1.54) is 24.4 Å². The smallest absolute Gasteiger partial charge is 0.131 e. The van der Waals surface area contributed by atoms with Crippen LogP contribution >= 0.6 is 23.3 Å². The van der Waals surface area contributed by atoms with Gasteiger partial charge in [0.1, 0.15) is 10.7 Å². The molecular formula is C8H13N3OS2. The Morgan fingerprint density at radius 2 is 2.57 bits per heavy atom. The van der Waals surface area contributed by atoms with Crippen LogP contribution in [-0.2, 0) is 10.5 Å². The number of nitrogens with two attached hydrogens (primary N) is 1. The number of nitrogens with zero attached hydrogens (tertiary/aromatic N) is 2. The Bertz CT molecular complexity index is 286. The number of anilines is 1. The highest BCUT2D eigenvalue weighted by atomic mass is 32.2. The van der Waals surface area contributed by atoms with Gasteiger partial charge in [-0.15, -0.1) is 5.10 Å². The summed E-state index contributed by atoms with van der Waals surface area (Å²) >= 11 is 3.08. The van der Waals surface area contributed by atoms with Gasteiger partial charge in [0.05, 0.1) is 6.10 Å². The normalized spacial score (nSPS) is 21.6. The van der Waals surface area contributed by atoms with E-state index >= 15 is 0 Å². The lowest BCUT2D eigenvalue weighted by Gasteiger charge is -2.07. The van der Waals surface area contributed by atoms with E-state index in [0.29, 0.717) is 6.10 Å². The Kier molecular flexibility index (Phi) is 3.61. The van der Waals surface area contributed by atoms with Gasteiger partial charge >= 0.3 is 0 Å². The van der Waals surface area contributed by atoms with Crippen LogP contribution in [0.1, 0.15) is 18.5 Å². The Labute approximate surface area is 91.4 Å². The molecule has 1 atom stereocenters. The summed E-state index contributed by atoms with van der Waals surface area (Å²) in [6, 6.07) is 0. The molecule has 1 aromatic rings. The van der Waals surface area contributed by atoms with Gasteiger partial charge in [-0.25, -0.2) is 0 Å². The fraction of sp³-hybridized carbons (Fsp3) is 0.750. The SMILES string of the molecule is Nc1snnc1CSCC1CCCO1. The second-order valence-corrected chi connectivity index (χ2v) is 5.05. The Hall–Kier alpha value is -0.330. The van der Waals surface area contributed by atoms with E-state index < -0.39 is 0 Å². The van der Waals surface area contributed by atoms with Crippen molar-refractivity contribution in [3.05, 3.63) is 5.69 Å². The van der Waals surface area contributed by atoms with Crippen molar-refractivity contribution < 1.29 is 4.74 Å². The first-order valence-electron chi connectivity index (χ1n) is 4.62. The molecule has 2 heterocycles. The zero-order chi connectivity index (χ0) is 9.80. The van der Waals surface area contributed by atoms with Gasteiger partial charge in [-0.05, 0) is 12.8 Å². The second kappa shape index (κ2) is 4.95. The van der Waals surface area contributed by atoms with Crippen LogP contribution in [0.3, 0.4) is 0 Å². The number of rotatable bonds is 4. The maximum atomic E-state index is 5.68. The van der Waals surface area contributed by atoms with Gasteiger partial charge in [0, 0.05) is 29.6 Å². The van der Waals surface area contributed by atoms with Gasteiger partial charge in [0.15, 0.2) is 0 Å².